The van der Waals surface area contributed by atoms with E-state index in [0.29, 0.717) is 5.56 Å². The third-order valence-corrected chi connectivity index (χ3v) is 5.15. The summed E-state index contributed by atoms with van der Waals surface area (Å²) in [5.41, 5.74) is -0.939. The van der Waals surface area contributed by atoms with Gasteiger partial charge in [0.25, 0.3) is 5.91 Å². The number of anilines is 1. The number of carbonyl (C=O) groups is 2. The molecule has 0 atom stereocenters. The first-order chi connectivity index (χ1) is 14.8. The Hall–Kier alpha value is -3.59. The van der Waals surface area contributed by atoms with E-state index in [9.17, 15) is 22.8 Å². The number of halogens is 3. The number of allylic oxidation sites excluding steroid dienone is 1. The highest BCUT2D eigenvalue weighted by Gasteiger charge is 2.33. The third kappa shape index (κ3) is 4.61. The summed E-state index contributed by atoms with van der Waals surface area (Å²) in [5, 5.41) is 4.08. The zero-order valence-corrected chi connectivity index (χ0v) is 16.5. The fourth-order valence-electron chi connectivity index (χ4n) is 2.93. The van der Waals surface area contributed by atoms with E-state index in [2.05, 4.69) is 5.32 Å². The summed E-state index contributed by atoms with van der Waals surface area (Å²) in [6.07, 6.45) is -2.96. The highest BCUT2D eigenvalue weighted by atomic mass is 32.1. The third-order valence-electron chi connectivity index (χ3n) is 4.33. The number of para-hydroxylation sites is 1. The zero-order valence-electron chi connectivity index (χ0n) is 15.7. The first-order valence-corrected chi connectivity index (χ1v) is 9.90. The molecule has 158 valence electrons. The number of amides is 1. The normalized spacial score (nSPS) is 14.3. The van der Waals surface area contributed by atoms with Gasteiger partial charge in [0.15, 0.2) is 12.4 Å². The lowest BCUT2D eigenvalue weighted by atomic mass is 10.1. The molecule has 0 bridgehead atoms. The van der Waals surface area contributed by atoms with E-state index in [0.717, 1.165) is 17.0 Å². The Morgan fingerprint density at radius 1 is 1.13 bits per heavy atom. The number of carbonyl (C=O) groups excluding carboxylic acids is 2. The molecule has 1 aliphatic heterocycles. The Labute approximate surface area is 178 Å². The molecule has 0 aliphatic carbocycles. The Kier molecular flexibility index (Phi) is 5.51. The summed E-state index contributed by atoms with van der Waals surface area (Å²) in [5.74, 6) is -0.323. The van der Waals surface area contributed by atoms with Crippen LogP contribution in [-0.4, -0.2) is 18.3 Å². The predicted octanol–water partition coefficient (Wildman–Crippen LogP) is 5.40. The van der Waals surface area contributed by atoms with Crippen LogP contribution in [-0.2, 0) is 11.0 Å². The number of hydrogen-bond donors (Lipinski definition) is 1. The standard InChI is InChI=1S/C22H14F3NO4S/c23-22(24,25)16-5-1-2-6-17(16)26-20(27)12-29-13-7-8-15-18(10-13)30-19(21(15)28)11-14-4-3-9-31-14/h1-11H,12H2,(H,26,27). The van der Waals surface area contributed by atoms with E-state index in [1.54, 1.807) is 6.08 Å². The minimum Gasteiger partial charge on any atom is -0.484 e. The van der Waals surface area contributed by atoms with Crippen molar-refractivity contribution in [2.45, 2.75) is 6.18 Å². The molecule has 0 radical (unpaired) electrons. The maximum Gasteiger partial charge on any atom is 0.418 e. The molecular weight excluding hydrogens is 431 g/mol. The number of Topliss-reactive ketones (excluding diaryl/α,β-unsaturated/α-hetero) is 1. The van der Waals surface area contributed by atoms with Gasteiger partial charge in [0.2, 0.25) is 5.78 Å². The van der Waals surface area contributed by atoms with Gasteiger partial charge in [-0.3, -0.25) is 9.59 Å². The quantitative estimate of drug-likeness (QED) is 0.534. The first kappa shape index (κ1) is 20.7. The molecule has 1 aliphatic rings. The second-order valence-electron chi connectivity index (χ2n) is 6.49. The number of thiophene rings is 1. The molecule has 1 N–H and O–H groups in total. The molecule has 0 saturated heterocycles. The molecule has 4 rings (SSSR count). The monoisotopic (exact) mass is 445 g/mol. The average molecular weight is 445 g/mol. The fraction of sp³-hybridized carbons (Fsp3) is 0.0909. The van der Waals surface area contributed by atoms with E-state index in [4.69, 9.17) is 9.47 Å². The van der Waals surface area contributed by atoms with Gasteiger partial charge in [-0.1, -0.05) is 18.2 Å². The van der Waals surface area contributed by atoms with E-state index in [1.165, 1.54) is 41.7 Å². The number of benzene rings is 2. The van der Waals surface area contributed by atoms with Crippen molar-refractivity contribution in [3.8, 4) is 11.5 Å². The molecule has 0 spiro atoms. The topological polar surface area (TPSA) is 64.6 Å². The number of hydrogen-bond acceptors (Lipinski definition) is 5. The van der Waals surface area contributed by atoms with Crippen LogP contribution >= 0.6 is 11.3 Å². The molecule has 0 unspecified atom stereocenters. The smallest absolute Gasteiger partial charge is 0.418 e. The summed E-state index contributed by atoms with van der Waals surface area (Å²) < 4.78 is 50.1. The number of fused-ring (bicyclic) bond motifs is 1. The van der Waals surface area contributed by atoms with E-state index in [-0.39, 0.29) is 28.7 Å². The van der Waals surface area contributed by atoms with Gasteiger partial charge < -0.3 is 14.8 Å². The van der Waals surface area contributed by atoms with Crippen LogP contribution < -0.4 is 14.8 Å². The molecule has 1 aromatic heterocycles. The minimum absolute atomic E-state index is 0.177. The molecule has 9 heteroatoms. The van der Waals surface area contributed by atoms with Crippen LogP contribution in [0.15, 0.2) is 65.7 Å². The van der Waals surface area contributed by atoms with Gasteiger partial charge in [-0.15, -0.1) is 11.3 Å². The number of alkyl halides is 3. The largest absolute Gasteiger partial charge is 0.484 e. The van der Waals surface area contributed by atoms with E-state index >= 15 is 0 Å². The molecule has 5 nitrogen and oxygen atoms in total. The summed E-state index contributed by atoms with van der Waals surface area (Å²) in [7, 11) is 0. The second-order valence-corrected chi connectivity index (χ2v) is 7.47. The highest BCUT2D eigenvalue weighted by molar-refractivity contribution is 7.10. The Bertz CT molecular complexity index is 1170. The minimum atomic E-state index is -4.59. The van der Waals surface area contributed by atoms with Crippen LogP contribution in [0.1, 0.15) is 20.8 Å². The lowest BCUT2D eigenvalue weighted by Crippen LogP contribution is -2.22. The average Bonchev–Trinajstić information content (AvgIpc) is 3.34. The van der Waals surface area contributed by atoms with Crippen LogP contribution in [0.2, 0.25) is 0 Å². The molecule has 2 aromatic carbocycles. The van der Waals surface area contributed by atoms with Gasteiger partial charge in [-0.25, -0.2) is 0 Å². The van der Waals surface area contributed by atoms with Crippen LogP contribution in [0.5, 0.6) is 11.5 Å². The van der Waals surface area contributed by atoms with Crippen LogP contribution in [0.3, 0.4) is 0 Å². The van der Waals surface area contributed by atoms with Gasteiger partial charge in [0, 0.05) is 17.0 Å². The van der Waals surface area contributed by atoms with Crippen molar-refractivity contribution in [2.75, 3.05) is 11.9 Å². The maximum absolute atomic E-state index is 13.0. The van der Waals surface area contributed by atoms with Crippen molar-refractivity contribution >= 4 is 34.8 Å². The molecule has 2 heterocycles. The van der Waals surface area contributed by atoms with Crippen LogP contribution in [0, 0.1) is 0 Å². The summed E-state index contributed by atoms with van der Waals surface area (Å²) in [6, 6.07) is 12.8. The predicted molar refractivity (Wildman–Crippen MR) is 109 cm³/mol. The van der Waals surface area contributed by atoms with Gasteiger partial charge in [-0.05, 0) is 35.7 Å². The van der Waals surface area contributed by atoms with Crippen molar-refractivity contribution in [3.63, 3.8) is 0 Å². The zero-order chi connectivity index (χ0) is 22.0. The summed E-state index contributed by atoms with van der Waals surface area (Å²) >= 11 is 1.46. The van der Waals surface area contributed by atoms with Gasteiger partial charge in [-0.2, -0.15) is 13.2 Å². The van der Waals surface area contributed by atoms with Crippen molar-refractivity contribution < 1.29 is 32.2 Å². The van der Waals surface area contributed by atoms with Crippen molar-refractivity contribution in [3.05, 3.63) is 81.7 Å². The van der Waals surface area contributed by atoms with Gasteiger partial charge in [0.1, 0.15) is 11.5 Å². The van der Waals surface area contributed by atoms with Crippen molar-refractivity contribution in [2.24, 2.45) is 0 Å². The number of nitrogens with one attached hydrogen (secondary N) is 1. The maximum atomic E-state index is 13.0. The number of ether oxygens (including phenoxy) is 2. The second kappa shape index (κ2) is 8.27. The Morgan fingerprint density at radius 2 is 1.94 bits per heavy atom. The Morgan fingerprint density at radius 3 is 2.68 bits per heavy atom. The molecule has 3 aromatic rings. The number of rotatable bonds is 5. The van der Waals surface area contributed by atoms with Crippen LogP contribution in [0.4, 0.5) is 18.9 Å². The molecular formula is C22H14F3NO4S. The van der Waals surface area contributed by atoms with Crippen molar-refractivity contribution in [1.82, 2.24) is 0 Å². The summed E-state index contributed by atoms with van der Waals surface area (Å²) in [4.78, 5) is 25.4. The van der Waals surface area contributed by atoms with E-state index < -0.39 is 24.3 Å². The first-order valence-electron chi connectivity index (χ1n) is 9.02. The lowest BCUT2D eigenvalue weighted by molar-refractivity contribution is -0.137. The van der Waals surface area contributed by atoms with Gasteiger partial charge in [0.05, 0.1) is 16.8 Å². The van der Waals surface area contributed by atoms with Crippen molar-refractivity contribution in [1.29, 1.82) is 0 Å². The van der Waals surface area contributed by atoms with E-state index in [1.807, 2.05) is 17.5 Å². The molecule has 31 heavy (non-hydrogen) atoms. The highest BCUT2D eigenvalue weighted by Crippen LogP contribution is 2.36. The Balaban J connectivity index is 1.41. The van der Waals surface area contributed by atoms with Gasteiger partial charge >= 0.3 is 6.18 Å². The lowest BCUT2D eigenvalue weighted by Gasteiger charge is -2.13. The fourth-order valence-corrected chi connectivity index (χ4v) is 3.58. The summed E-state index contributed by atoms with van der Waals surface area (Å²) in [6.45, 7) is -0.517. The molecule has 1 amide bonds. The van der Waals surface area contributed by atoms with Crippen LogP contribution in [0.25, 0.3) is 6.08 Å². The number of ketones is 1. The SMILES string of the molecule is O=C(COc1ccc2c(c1)OC(=Cc1cccs1)C2=O)Nc1ccccc1C(F)(F)F. The molecule has 0 saturated carbocycles. The molecule has 0 fully saturated rings.